The molecule has 13 heavy (non-hydrogen) atoms. The van der Waals surface area contributed by atoms with Gasteiger partial charge in [0.15, 0.2) is 0 Å². The summed E-state index contributed by atoms with van der Waals surface area (Å²) in [4.78, 5) is 11.7. The average molecular weight is 182 g/mol. The molecule has 76 valence electrons. The van der Waals surface area contributed by atoms with Crippen molar-refractivity contribution < 1.29 is 4.79 Å². The van der Waals surface area contributed by atoms with Gasteiger partial charge in [-0.3, -0.25) is 4.79 Å². The molecule has 1 nitrogen and oxygen atoms in total. The molecule has 0 bridgehead atoms. The van der Waals surface area contributed by atoms with Crippen molar-refractivity contribution >= 4 is 5.78 Å². The van der Waals surface area contributed by atoms with Gasteiger partial charge in [0.25, 0.3) is 0 Å². The number of Topliss-reactive ketones (excluding diaryl/α,β-unsaturated/α-hetero) is 1. The fourth-order valence-corrected chi connectivity index (χ4v) is 2.92. The van der Waals surface area contributed by atoms with E-state index in [1.807, 2.05) is 0 Å². The molecule has 1 aliphatic carbocycles. The molecular formula is C12H22O. The smallest absolute Gasteiger partial charge is 0.139 e. The van der Waals surface area contributed by atoms with Crippen molar-refractivity contribution in [3.8, 4) is 0 Å². The first-order valence-electron chi connectivity index (χ1n) is 5.41. The van der Waals surface area contributed by atoms with Gasteiger partial charge in [0.05, 0.1) is 0 Å². The Bertz CT molecular complexity index is 206. The minimum Gasteiger partial charge on any atom is -0.299 e. The van der Waals surface area contributed by atoms with Crippen LogP contribution in [0.3, 0.4) is 0 Å². The first kappa shape index (κ1) is 10.7. The highest BCUT2D eigenvalue weighted by Gasteiger charge is 2.55. The molecule has 0 amide bonds. The molecule has 0 aromatic heterocycles. The average Bonchev–Trinajstić information content (AvgIpc) is 2.01. The van der Waals surface area contributed by atoms with Crippen LogP contribution in [0, 0.1) is 16.7 Å². The van der Waals surface area contributed by atoms with E-state index in [2.05, 4.69) is 34.6 Å². The molecule has 0 spiro atoms. The number of hydrogen-bond donors (Lipinski definition) is 0. The predicted octanol–water partition coefficient (Wildman–Crippen LogP) is 3.43. The summed E-state index contributed by atoms with van der Waals surface area (Å²) < 4.78 is 0. The zero-order chi connectivity index (χ0) is 10.3. The molecule has 1 rings (SSSR count). The Balaban J connectivity index is 2.87. The maximum Gasteiger partial charge on any atom is 0.139 e. The van der Waals surface area contributed by atoms with Crippen LogP contribution in [-0.2, 0) is 4.79 Å². The lowest BCUT2D eigenvalue weighted by molar-refractivity contribution is -0.155. The molecule has 0 heterocycles. The third-order valence-electron chi connectivity index (χ3n) is 3.92. The molecule has 1 atom stereocenters. The molecule has 0 radical (unpaired) electrons. The molecule has 0 aromatic rings. The van der Waals surface area contributed by atoms with E-state index in [4.69, 9.17) is 0 Å². The van der Waals surface area contributed by atoms with Crippen molar-refractivity contribution in [3.63, 3.8) is 0 Å². The highest BCUT2D eigenvalue weighted by Crippen LogP contribution is 2.56. The van der Waals surface area contributed by atoms with Gasteiger partial charge in [-0.25, -0.2) is 0 Å². The standard InChI is InChI=1S/C12H22O/c1-6-12(7-2)9(8-10(12)13)11(3,4)5/h9H,6-8H2,1-5H3. The summed E-state index contributed by atoms with van der Waals surface area (Å²) >= 11 is 0. The van der Waals surface area contributed by atoms with Gasteiger partial charge in [0, 0.05) is 11.8 Å². The molecule has 1 aliphatic rings. The Kier molecular flexibility index (Phi) is 2.57. The molecule has 1 unspecified atom stereocenters. The molecule has 1 heteroatoms. The van der Waals surface area contributed by atoms with Crippen LogP contribution < -0.4 is 0 Å². The minimum absolute atomic E-state index is 0.0260. The normalized spacial score (nSPS) is 27.2. The highest BCUT2D eigenvalue weighted by molar-refractivity contribution is 5.91. The quantitative estimate of drug-likeness (QED) is 0.639. The SMILES string of the molecule is CCC1(CC)C(=O)CC1C(C)(C)C. The summed E-state index contributed by atoms with van der Waals surface area (Å²) in [5, 5.41) is 0. The molecule has 1 saturated carbocycles. The fourth-order valence-electron chi connectivity index (χ4n) is 2.92. The van der Waals surface area contributed by atoms with Gasteiger partial charge in [-0.2, -0.15) is 0 Å². The molecule has 0 saturated heterocycles. The van der Waals surface area contributed by atoms with Crippen molar-refractivity contribution in [2.75, 3.05) is 0 Å². The number of carbonyl (C=O) groups excluding carboxylic acids is 1. The van der Waals surface area contributed by atoms with E-state index in [1.54, 1.807) is 0 Å². The number of carbonyl (C=O) groups is 1. The van der Waals surface area contributed by atoms with Gasteiger partial charge >= 0.3 is 0 Å². The zero-order valence-corrected chi connectivity index (χ0v) is 9.61. The summed E-state index contributed by atoms with van der Waals surface area (Å²) in [6.45, 7) is 11.1. The molecule has 1 fully saturated rings. The van der Waals surface area contributed by atoms with Gasteiger partial charge in [-0.15, -0.1) is 0 Å². The Morgan fingerprint density at radius 1 is 1.31 bits per heavy atom. The number of ketones is 1. The predicted molar refractivity (Wildman–Crippen MR) is 55.6 cm³/mol. The van der Waals surface area contributed by atoms with E-state index in [-0.39, 0.29) is 5.41 Å². The monoisotopic (exact) mass is 182 g/mol. The lowest BCUT2D eigenvalue weighted by atomic mass is 9.49. The van der Waals surface area contributed by atoms with Crippen molar-refractivity contribution in [1.82, 2.24) is 0 Å². The Morgan fingerprint density at radius 3 is 1.92 bits per heavy atom. The molecular weight excluding hydrogens is 160 g/mol. The van der Waals surface area contributed by atoms with Crippen LogP contribution in [0.15, 0.2) is 0 Å². The van der Waals surface area contributed by atoms with Crippen LogP contribution in [0.2, 0.25) is 0 Å². The van der Waals surface area contributed by atoms with E-state index in [0.717, 1.165) is 19.3 Å². The lowest BCUT2D eigenvalue weighted by Gasteiger charge is -2.53. The van der Waals surface area contributed by atoms with E-state index in [0.29, 0.717) is 17.1 Å². The zero-order valence-electron chi connectivity index (χ0n) is 9.61. The van der Waals surface area contributed by atoms with Crippen molar-refractivity contribution in [3.05, 3.63) is 0 Å². The summed E-state index contributed by atoms with van der Waals surface area (Å²) in [6.07, 6.45) is 2.85. The topological polar surface area (TPSA) is 17.1 Å². The van der Waals surface area contributed by atoms with Gasteiger partial charge in [0.1, 0.15) is 5.78 Å². The summed E-state index contributed by atoms with van der Waals surface area (Å²) in [5.74, 6) is 1.10. The molecule has 0 N–H and O–H groups in total. The fraction of sp³-hybridized carbons (Fsp3) is 0.917. The second kappa shape index (κ2) is 3.11. The first-order valence-corrected chi connectivity index (χ1v) is 5.41. The highest BCUT2D eigenvalue weighted by atomic mass is 16.1. The molecule has 0 aliphatic heterocycles. The van der Waals surface area contributed by atoms with Crippen LogP contribution in [-0.4, -0.2) is 5.78 Å². The second-order valence-corrected chi connectivity index (χ2v) is 5.41. The van der Waals surface area contributed by atoms with Crippen molar-refractivity contribution in [1.29, 1.82) is 0 Å². The van der Waals surface area contributed by atoms with Crippen molar-refractivity contribution in [2.45, 2.75) is 53.9 Å². The van der Waals surface area contributed by atoms with Crippen LogP contribution in [0.25, 0.3) is 0 Å². The van der Waals surface area contributed by atoms with Gasteiger partial charge in [-0.05, 0) is 24.2 Å². The third-order valence-corrected chi connectivity index (χ3v) is 3.92. The van der Waals surface area contributed by atoms with Crippen LogP contribution in [0.5, 0.6) is 0 Å². The number of rotatable bonds is 2. The van der Waals surface area contributed by atoms with Gasteiger partial charge in [0.2, 0.25) is 0 Å². The summed E-state index contributed by atoms with van der Waals surface area (Å²) in [6, 6.07) is 0. The van der Waals surface area contributed by atoms with Crippen LogP contribution >= 0.6 is 0 Å². The van der Waals surface area contributed by atoms with Gasteiger partial charge in [-0.1, -0.05) is 34.6 Å². The van der Waals surface area contributed by atoms with E-state index in [9.17, 15) is 4.79 Å². The van der Waals surface area contributed by atoms with E-state index >= 15 is 0 Å². The number of hydrogen-bond acceptors (Lipinski definition) is 1. The molecule has 0 aromatic carbocycles. The maximum absolute atomic E-state index is 11.7. The lowest BCUT2D eigenvalue weighted by Crippen LogP contribution is -2.54. The van der Waals surface area contributed by atoms with Gasteiger partial charge < -0.3 is 0 Å². The van der Waals surface area contributed by atoms with E-state index in [1.165, 1.54) is 0 Å². The van der Waals surface area contributed by atoms with Crippen molar-refractivity contribution in [2.24, 2.45) is 16.7 Å². The Morgan fingerprint density at radius 2 is 1.77 bits per heavy atom. The Labute approximate surface area is 81.9 Å². The van der Waals surface area contributed by atoms with E-state index < -0.39 is 0 Å². The Hall–Kier alpha value is -0.330. The minimum atomic E-state index is 0.0260. The maximum atomic E-state index is 11.7. The largest absolute Gasteiger partial charge is 0.299 e. The third kappa shape index (κ3) is 1.43. The first-order chi connectivity index (χ1) is 5.88. The van der Waals surface area contributed by atoms with Crippen LogP contribution in [0.1, 0.15) is 53.9 Å². The van der Waals surface area contributed by atoms with Crippen LogP contribution in [0.4, 0.5) is 0 Å². The summed E-state index contributed by atoms with van der Waals surface area (Å²) in [7, 11) is 0. The summed E-state index contributed by atoms with van der Waals surface area (Å²) in [5.41, 5.74) is 0.318. The second-order valence-electron chi connectivity index (χ2n) is 5.41.